The van der Waals surface area contributed by atoms with Crippen LogP contribution in [0.2, 0.25) is 5.02 Å². The van der Waals surface area contributed by atoms with Gasteiger partial charge in [0.2, 0.25) is 0 Å². The van der Waals surface area contributed by atoms with Gasteiger partial charge in [-0.15, -0.1) is 0 Å². The lowest BCUT2D eigenvalue weighted by Crippen LogP contribution is -2.06. The van der Waals surface area contributed by atoms with Crippen LogP contribution in [0.1, 0.15) is 5.56 Å². The highest BCUT2D eigenvalue weighted by atomic mass is 35.5. The van der Waals surface area contributed by atoms with E-state index in [1.54, 1.807) is 0 Å². The molecule has 7 heteroatoms. The summed E-state index contributed by atoms with van der Waals surface area (Å²) in [5, 5.41) is -0.0814. The van der Waals surface area contributed by atoms with Crippen LogP contribution in [0.4, 0.5) is 10.1 Å². The van der Waals surface area contributed by atoms with E-state index in [1.807, 2.05) is 0 Å². The van der Waals surface area contributed by atoms with E-state index in [0.717, 1.165) is 12.3 Å². The molecule has 0 atom stereocenters. The minimum absolute atomic E-state index is 0.0430. The van der Waals surface area contributed by atoms with Crippen molar-refractivity contribution < 1.29 is 17.2 Å². The highest BCUT2D eigenvalue weighted by Gasteiger charge is 2.19. The summed E-state index contributed by atoms with van der Waals surface area (Å²) in [5.41, 5.74) is 5.39. The van der Waals surface area contributed by atoms with Gasteiger partial charge in [0.1, 0.15) is 17.0 Å². The summed E-state index contributed by atoms with van der Waals surface area (Å²) in [7, 11) is -3.58. The number of rotatable bonds is 3. The van der Waals surface area contributed by atoms with Crippen LogP contribution in [0, 0.1) is 5.82 Å². The van der Waals surface area contributed by atoms with E-state index < -0.39 is 15.7 Å². The van der Waals surface area contributed by atoms with Gasteiger partial charge in [0, 0.05) is 0 Å². The van der Waals surface area contributed by atoms with Gasteiger partial charge in [-0.3, -0.25) is 0 Å². The summed E-state index contributed by atoms with van der Waals surface area (Å²) in [6.07, 6.45) is 2.38. The fraction of sp³-hybridized carbons (Fsp3) is 0.0909. The maximum atomic E-state index is 13.1. The molecule has 96 valence electrons. The van der Waals surface area contributed by atoms with Gasteiger partial charge in [0.05, 0.1) is 22.7 Å². The number of benzene rings is 1. The largest absolute Gasteiger partial charge is 0.471 e. The third-order valence-electron chi connectivity index (χ3n) is 2.41. The number of furan rings is 1. The molecular weight excluding hydrogens is 281 g/mol. The first-order valence-electron chi connectivity index (χ1n) is 4.89. The van der Waals surface area contributed by atoms with Gasteiger partial charge in [-0.05, 0) is 17.7 Å². The Morgan fingerprint density at radius 1 is 1.33 bits per heavy atom. The smallest absolute Gasteiger partial charge is 0.185 e. The average molecular weight is 290 g/mol. The highest BCUT2D eigenvalue weighted by Crippen LogP contribution is 2.29. The zero-order valence-electron chi connectivity index (χ0n) is 9.06. The zero-order valence-corrected chi connectivity index (χ0v) is 10.6. The Morgan fingerprint density at radius 2 is 2.06 bits per heavy atom. The van der Waals surface area contributed by atoms with E-state index in [2.05, 4.69) is 0 Å². The molecule has 2 rings (SSSR count). The monoisotopic (exact) mass is 289 g/mol. The van der Waals surface area contributed by atoms with Crippen LogP contribution in [0.3, 0.4) is 0 Å². The predicted molar refractivity (Wildman–Crippen MR) is 65.4 cm³/mol. The minimum atomic E-state index is -3.58. The number of hydrogen-bond donors (Lipinski definition) is 1. The van der Waals surface area contributed by atoms with Crippen LogP contribution in [0.25, 0.3) is 0 Å². The summed E-state index contributed by atoms with van der Waals surface area (Å²) in [6, 6.07) is 3.71. The van der Waals surface area contributed by atoms with E-state index in [1.165, 1.54) is 18.4 Å². The second-order valence-corrected chi connectivity index (χ2v) is 6.02. The summed E-state index contributed by atoms with van der Waals surface area (Å²) in [5.74, 6) is -1.04. The molecule has 0 aliphatic heterocycles. The van der Waals surface area contributed by atoms with Crippen molar-refractivity contribution in [3.63, 3.8) is 0 Å². The van der Waals surface area contributed by atoms with Crippen molar-refractivity contribution in [3.8, 4) is 0 Å². The quantitative estimate of drug-likeness (QED) is 0.882. The topological polar surface area (TPSA) is 73.3 Å². The average Bonchev–Trinajstić information content (AvgIpc) is 2.84. The molecule has 0 aliphatic rings. The summed E-state index contributed by atoms with van der Waals surface area (Å²) >= 11 is 5.81. The van der Waals surface area contributed by atoms with Crippen molar-refractivity contribution in [2.24, 2.45) is 0 Å². The molecule has 0 aliphatic carbocycles. The Labute approximate surface area is 108 Å². The second kappa shape index (κ2) is 4.62. The van der Waals surface area contributed by atoms with E-state index in [-0.39, 0.29) is 26.9 Å². The van der Waals surface area contributed by atoms with E-state index in [9.17, 15) is 12.8 Å². The first kappa shape index (κ1) is 12.9. The van der Waals surface area contributed by atoms with Crippen LogP contribution in [-0.4, -0.2) is 8.42 Å². The maximum Gasteiger partial charge on any atom is 0.185 e. The van der Waals surface area contributed by atoms with E-state index in [4.69, 9.17) is 21.8 Å². The molecule has 4 nitrogen and oxygen atoms in total. The number of nitrogens with two attached hydrogens (primary N) is 1. The van der Waals surface area contributed by atoms with Crippen molar-refractivity contribution in [1.29, 1.82) is 0 Å². The molecule has 0 saturated heterocycles. The van der Waals surface area contributed by atoms with Crippen molar-refractivity contribution in [3.05, 3.63) is 47.1 Å². The molecule has 0 bridgehead atoms. The third kappa shape index (κ3) is 2.34. The van der Waals surface area contributed by atoms with Crippen molar-refractivity contribution in [2.45, 2.75) is 10.6 Å². The molecule has 0 fully saturated rings. The van der Waals surface area contributed by atoms with E-state index in [0.29, 0.717) is 0 Å². The molecule has 1 heterocycles. The minimum Gasteiger partial charge on any atom is -0.471 e. The highest BCUT2D eigenvalue weighted by molar-refractivity contribution is 7.90. The molecule has 18 heavy (non-hydrogen) atoms. The number of nitrogen functional groups attached to an aromatic ring is 1. The third-order valence-corrected chi connectivity index (χ3v) is 4.49. The summed E-state index contributed by atoms with van der Waals surface area (Å²) < 4.78 is 41.7. The molecule has 0 unspecified atom stereocenters. The maximum absolute atomic E-state index is 13.1. The number of halogens is 2. The molecule has 2 aromatic rings. The zero-order chi connectivity index (χ0) is 13.3. The first-order chi connectivity index (χ1) is 8.42. The van der Waals surface area contributed by atoms with Gasteiger partial charge >= 0.3 is 0 Å². The molecule has 2 N–H and O–H groups in total. The summed E-state index contributed by atoms with van der Waals surface area (Å²) in [6.45, 7) is 0. The SMILES string of the molecule is Nc1c(F)ccc(CS(=O)(=O)c2ccoc2)c1Cl. The van der Waals surface area contributed by atoms with Crippen molar-refractivity contribution in [2.75, 3.05) is 5.73 Å². The molecular formula is C11H9ClFNO3S. The molecule has 0 radical (unpaired) electrons. The standard InChI is InChI=1S/C11H9ClFNO3S/c12-10-7(1-2-9(13)11(10)14)6-18(15,16)8-3-4-17-5-8/h1-5H,6,14H2. The number of sulfone groups is 1. The van der Waals surface area contributed by atoms with Gasteiger partial charge in [0.25, 0.3) is 0 Å². The normalized spacial score (nSPS) is 11.7. The van der Waals surface area contributed by atoms with Crippen LogP contribution in [-0.2, 0) is 15.6 Å². The Balaban J connectivity index is 2.39. The number of anilines is 1. The lowest BCUT2D eigenvalue weighted by atomic mass is 10.2. The molecule has 1 aromatic carbocycles. The molecule has 0 amide bonds. The fourth-order valence-corrected chi connectivity index (χ4v) is 3.02. The first-order valence-corrected chi connectivity index (χ1v) is 6.92. The van der Waals surface area contributed by atoms with E-state index >= 15 is 0 Å². The Bertz CT molecular complexity index is 668. The van der Waals surface area contributed by atoms with Crippen LogP contribution in [0.5, 0.6) is 0 Å². The fourth-order valence-electron chi connectivity index (χ4n) is 1.44. The molecule has 0 spiro atoms. The lowest BCUT2D eigenvalue weighted by molar-refractivity contribution is 0.556. The van der Waals surface area contributed by atoms with Gasteiger partial charge in [0.15, 0.2) is 9.84 Å². The van der Waals surface area contributed by atoms with Crippen LogP contribution < -0.4 is 5.73 Å². The Kier molecular flexibility index (Phi) is 3.32. The second-order valence-electron chi connectivity index (χ2n) is 3.65. The van der Waals surface area contributed by atoms with Crippen LogP contribution in [0.15, 0.2) is 40.0 Å². The lowest BCUT2D eigenvalue weighted by Gasteiger charge is -2.07. The van der Waals surface area contributed by atoms with Crippen LogP contribution >= 0.6 is 11.6 Å². The van der Waals surface area contributed by atoms with Gasteiger partial charge in [-0.1, -0.05) is 17.7 Å². The van der Waals surface area contributed by atoms with Crippen molar-refractivity contribution in [1.82, 2.24) is 0 Å². The predicted octanol–water partition coefficient (Wildman–Crippen LogP) is 2.63. The molecule has 0 saturated carbocycles. The molecule has 1 aromatic heterocycles. The summed E-state index contributed by atoms with van der Waals surface area (Å²) in [4.78, 5) is 0.0430. The number of hydrogen-bond acceptors (Lipinski definition) is 4. The van der Waals surface area contributed by atoms with Crippen molar-refractivity contribution >= 4 is 27.1 Å². The van der Waals surface area contributed by atoms with Gasteiger partial charge < -0.3 is 10.2 Å². The van der Waals surface area contributed by atoms with Gasteiger partial charge in [-0.2, -0.15) is 0 Å². The van der Waals surface area contributed by atoms with Gasteiger partial charge in [-0.25, -0.2) is 12.8 Å². The Morgan fingerprint density at radius 3 is 2.67 bits per heavy atom. The Hall–Kier alpha value is -1.53.